The Kier molecular flexibility index (Phi) is 6.58. The van der Waals surface area contributed by atoms with E-state index in [2.05, 4.69) is 17.1 Å². The molecule has 2 fully saturated rings. The summed E-state index contributed by atoms with van der Waals surface area (Å²) in [5.41, 5.74) is 3.98. The molecule has 2 aromatic carbocycles. The van der Waals surface area contributed by atoms with Crippen LogP contribution < -0.4 is 9.47 Å². The van der Waals surface area contributed by atoms with Gasteiger partial charge in [-0.1, -0.05) is 59.0 Å². The number of hydrogen-bond acceptors (Lipinski definition) is 6. The molecule has 38 heavy (non-hydrogen) atoms. The number of hydrogen-bond donors (Lipinski definition) is 0. The second kappa shape index (κ2) is 9.92. The minimum atomic E-state index is -0.154. The maximum Gasteiger partial charge on any atom is 0.298 e. The Morgan fingerprint density at radius 3 is 2.55 bits per heavy atom. The summed E-state index contributed by atoms with van der Waals surface area (Å²) in [5, 5.41) is 5.97. The maximum atomic E-state index is 10.7. The second-order valence-electron chi connectivity index (χ2n) is 10.0. The number of benzene rings is 2. The van der Waals surface area contributed by atoms with E-state index < -0.39 is 0 Å². The number of carbonyl (C=O) groups is 1. The SMILES string of the molecule is CC1(c2ccc(OCc3c(-c4c(Cl)cccc4Cl)noc3C3CC3)cc2Cl)CC1c1cncc(OC=O)c1. The molecule has 0 saturated heterocycles. The smallest absolute Gasteiger partial charge is 0.298 e. The quantitative estimate of drug-likeness (QED) is 0.189. The van der Waals surface area contributed by atoms with Crippen LogP contribution in [0.2, 0.25) is 15.1 Å². The van der Waals surface area contributed by atoms with Crippen LogP contribution in [0.4, 0.5) is 0 Å². The summed E-state index contributed by atoms with van der Waals surface area (Å²) in [5.74, 6) is 2.44. The highest BCUT2D eigenvalue weighted by Gasteiger charge is 2.53. The second-order valence-corrected chi connectivity index (χ2v) is 11.2. The molecule has 0 amide bonds. The average molecular weight is 570 g/mol. The van der Waals surface area contributed by atoms with E-state index in [1.54, 1.807) is 24.4 Å². The molecule has 2 aromatic heterocycles. The number of rotatable bonds is 9. The van der Waals surface area contributed by atoms with Crippen LogP contribution in [0.25, 0.3) is 11.3 Å². The summed E-state index contributed by atoms with van der Waals surface area (Å²) in [4.78, 5) is 14.9. The van der Waals surface area contributed by atoms with E-state index in [1.165, 1.54) is 6.20 Å². The number of aromatic nitrogens is 2. The van der Waals surface area contributed by atoms with E-state index in [1.807, 2.05) is 24.3 Å². The molecule has 0 bridgehead atoms. The first-order valence-corrected chi connectivity index (χ1v) is 13.4. The molecule has 2 heterocycles. The summed E-state index contributed by atoms with van der Waals surface area (Å²) in [7, 11) is 0. The highest BCUT2D eigenvalue weighted by molar-refractivity contribution is 6.39. The predicted octanol–water partition coefficient (Wildman–Crippen LogP) is 8.13. The lowest BCUT2D eigenvalue weighted by Gasteiger charge is -2.16. The first-order valence-electron chi connectivity index (χ1n) is 12.3. The Balaban J connectivity index is 1.23. The molecule has 0 aliphatic heterocycles. The Labute approximate surface area is 234 Å². The summed E-state index contributed by atoms with van der Waals surface area (Å²) in [6.07, 6.45) is 6.34. The van der Waals surface area contributed by atoms with E-state index in [0.29, 0.717) is 50.2 Å². The fourth-order valence-corrected chi connectivity index (χ4v) is 6.11. The van der Waals surface area contributed by atoms with Crippen molar-refractivity contribution in [2.45, 2.75) is 50.0 Å². The Hall–Kier alpha value is -3.06. The van der Waals surface area contributed by atoms with Gasteiger partial charge in [0.15, 0.2) is 0 Å². The molecule has 2 atom stereocenters. The van der Waals surface area contributed by atoms with Gasteiger partial charge in [-0.2, -0.15) is 0 Å². The van der Waals surface area contributed by atoms with E-state index in [-0.39, 0.29) is 17.9 Å². The number of pyridine rings is 1. The van der Waals surface area contributed by atoms with Gasteiger partial charge in [0.05, 0.1) is 21.8 Å². The van der Waals surface area contributed by atoms with Crippen LogP contribution in [0.1, 0.15) is 60.5 Å². The largest absolute Gasteiger partial charge is 0.489 e. The molecule has 2 unspecified atom stereocenters. The van der Waals surface area contributed by atoms with Crippen LogP contribution in [0, 0.1) is 0 Å². The van der Waals surface area contributed by atoms with Crippen molar-refractivity contribution in [3.05, 3.63) is 92.4 Å². The lowest BCUT2D eigenvalue weighted by atomic mass is 9.93. The Morgan fingerprint density at radius 1 is 1.05 bits per heavy atom. The Morgan fingerprint density at radius 2 is 1.84 bits per heavy atom. The molecule has 2 saturated carbocycles. The topological polar surface area (TPSA) is 74.5 Å². The van der Waals surface area contributed by atoms with Crippen molar-refractivity contribution in [1.82, 2.24) is 10.1 Å². The highest BCUT2D eigenvalue weighted by Crippen LogP contribution is 2.61. The molecular weight excluding hydrogens is 547 g/mol. The highest BCUT2D eigenvalue weighted by atomic mass is 35.5. The van der Waals surface area contributed by atoms with E-state index >= 15 is 0 Å². The standard InChI is InChI=1S/C29H23Cl3N2O4/c1-29(11-22(29)17-9-19(37-15-35)13-33-12-17)21-8-7-18(10-25(21)32)36-14-20-27(34-38-28(20)16-5-6-16)26-23(30)3-2-4-24(26)31/h2-4,7-10,12-13,15-16,22H,5-6,11,14H2,1H3. The molecule has 2 aliphatic carbocycles. The van der Waals surface area contributed by atoms with Gasteiger partial charge in [0.2, 0.25) is 0 Å². The average Bonchev–Trinajstić information content (AvgIpc) is 3.81. The molecule has 0 N–H and O–H groups in total. The molecular formula is C29H23Cl3N2O4. The minimum Gasteiger partial charge on any atom is -0.489 e. The zero-order valence-electron chi connectivity index (χ0n) is 20.4. The van der Waals surface area contributed by atoms with Gasteiger partial charge in [-0.05, 0) is 66.6 Å². The molecule has 2 aliphatic rings. The normalized spacial score (nSPS) is 20.3. The van der Waals surface area contributed by atoms with Gasteiger partial charge >= 0.3 is 0 Å². The van der Waals surface area contributed by atoms with Crippen molar-refractivity contribution in [2.24, 2.45) is 0 Å². The van der Waals surface area contributed by atoms with Crippen molar-refractivity contribution in [1.29, 1.82) is 0 Å². The maximum absolute atomic E-state index is 10.7. The lowest BCUT2D eigenvalue weighted by molar-refractivity contribution is -0.120. The summed E-state index contributed by atoms with van der Waals surface area (Å²) in [6, 6.07) is 13.0. The van der Waals surface area contributed by atoms with Gasteiger partial charge in [-0.3, -0.25) is 9.78 Å². The van der Waals surface area contributed by atoms with Crippen LogP contribution in [0.15, 0.2) is 59.4 Å². The molecule has 0 spiro atoms. The molecule has 0 radical (unpaired) electrons. The van der Waals surface area contributed by atoms with Crippen molar-refractivity contribution < 1.29 is 18.8 Å². The van der Waals surface area contributed by atoms with E-state index in [4.69, 9.17) is 48.8 Å². The number of nitrogens with zero attached hydrogens (tertiary/aromatic N) is 2. The monoisotopic (exact) mass is 568 g/mol. The van der Waals surface area contributed by atoms with Crippen LogP contribution in [-0.4, -0.2) is 16.6 Å². The summed E-state index contributed by atoms with van der Waals surface area (Å²) >= 11 is 19.7. The third-order valence-electron chi connectivity index (χ3n) is 7.46. The van der Waals surface area contributed by atoms with Gasteiger partial charge in [-0.15, -0.1) is 0 Å². The summed E-state index contributed by atoms with van der Waals surface area (Å²) in [6.45, 7) is 2.82. The third kappa shape index (κ3) is 4.66. The number of halogens is 3. The van der Waals surface area contributed by atoms with Gasteiger partial charge in [0, 0.05) is 28.1 Å². The van der Waals surface area contributed by atoms with Crippen LogP contribution >= 0.6 is 34.8 Å². The first-order chi connectivity index (χ1) is 18.4. The molecule has 6 rings (SSSR count). The number of carbonyl (C=O) groups excluding carboxylic acids is 1. The van der Waals surface area contributed by atoms with Crippen LogP contribution in [0.3, 0.4) is 0 Å². The first kappa shape index (κ1) is 25.2. The fraction of sp³-hybridized carbons (Fsp3) is 0.276. The molecule has 4 aromatic rings. The molecule has 9 heteroatoms. The Bertz CT molecular complexity index is 1510. The van der Waals surface area contributed by atoms with Crippen molar-refractivity contribution >= 4 is 41.3 Å². The van der Waals surface area contributed by atoms with Gasteiger partial charge in [0.1, 0.15) is 29.6 Å². The lowest BCUT2D eigenvalue weighted by Crippen LogP contribution is -2.06. The molecule has 194 valence electrons. The number of ether oxygens (including phenoxy) is 2. The van der Waals surface area contributed by atoms with E-state index in [9.17, 15) is 4.79 Å². The molecule has 6 nitrogen and oxygen atoms in total. The van der Waals surface area contributed by atoms with Crippen molar-refractivity contribution in [3.8, 4) is 22.8 Å². The van der Waals surface area contributed by atoms with Crippen LogP contribution in [0.5, 0.6) is 11.5 Å². The minimum absolute atomic E-state index is 0.154. The van der Waals surface area contributed by atoms with E-state index in [0.717, 1.165) is 41.7 Å². The van der Waals surface area contributed by atoms with Gasteiger partial charge < -0.3 is 14.0 Å². The third-order valence-corrected chi connectivity index (χ3v) is 8.41. The predicted molar refractivity (Wildman–Crippen MR) is 145 cm³/mol. The fourth-order valence-electron chi connectivity index (χ4n) is 5.15. The van der Waals surface area contributed by atoms with Crippen LogP contribution in [-0.2, 0) is 16.8 Å². The zero-order valence-corrected chi connectivity index (χ0v) is 22.7. The van der Waals surface area contributed by atoms with Gasteiger partial charge in [-0.25, -0.2) is 0 Å². The summed E-state index contributed by atoms with van der Waals surface area (Å²) < 4.78 is 16.9. The van der Waals surface area contributed by atoms with Crippen molar-refractivity contribution in [3.63, 3.8) is 0 Å². The van der Waals surface area contributed by atoms with Gasteiger partial charge in [0.25, 0.3) is 6.47 Å². The zero-order chi connectivity index (χ0) is 26.4. The van der Waals surface area contributed by atoms with Crippen molar-refractivity contribution in [2.75, 3.05) is 0 Å².